The van der Waals surface area contributed by atoms with Crippen LogP contribution in [0.3, 0.4) is 0 Å². The van der Waals surface area contributed by atoms with Gasteiger partial charge in [0.1, 0.15) is 22.9 Å². The Bertz CT molecular complexity index is 1540. The van der Waals surface area contributed by atoms with Gasteiger partial charge in [0.15, 0.2) is 5.75 Å². The summed E-state index contributed by atoms with van der Waals surface area (Å²) in [4.78, 5) is -0.423. The van der Waals surface area contributed by atoms with E-state index < -0.39 is 15.0 Å². The van der Waals surface area contributed by atoms with Crippen LogP contribution in [0.2, 0.25) is 0 Å². The molecular weight excluding hydrogens is 460 g/mol. The van der Waals surface area contributed by atoms with Crippen molar-refractivity contribution in [2.24, 2.45) is 10.2 Å². The van der Waals surface area contributed by atoms with Crippen LogP contribution in [0.4, 0.5) is 28.4 Å². The van der Waals surface area contributed by atoms with Crippen LogP contribution < -0.4 is 10.6 Å². The monoisotopic (exact) mass is 480 g/mol. The predicted octanol–water partition coefficient (Wildman–Crippen LogP) is 5.40. The van der Waals surface area contributed by atoms with Crippen molar-refractivity contribution in [2.45, 2.75) is 4.90 Å². The van der Waals surface area contributed by atoms with Crippen molar-refractivity contribution in [2.75, 3.05) is 17.7 Å². The summed E-state index contributed by atoms with van der Waals surface area (Å²) in [5.41, 5.74) is 1.02. The first-order valence-corrected chi connectivity index (χ1v) is 11.4. The number of rotatable bonds is 6. The second-order valence-electron chi connectivity index (χ2n) is 7.24. The zero-order chi connectivity index (χ0) is 24.5. The molecule has 0 atom stereocenters. The topological polar surface area (TPSA) is 164 Å². The molecule has 0 aliphatic carbocycles. The van der Waals surface area contributed by atoms with Crippen molar-refractivity contribution in [1.29, 1.82) is 0 Å². The lowest BCUT2D eigenvalue weighted by Crippen LogP contribution is -2.00. The Kier molecular flexibility index (Phi) is 5.97. The third kappa shape index (κ3) is 4.42. The van der Waals surface area contributed by atoms with Crippen LogP contribution in [-0.4, -0.2) is 35.3 Å². The molecular formula is C23H20N4O6S. The smallest absolute Gasteiger partial charge is 0.294 e. The minimum Gasteiger partial charge on any atom is -0.507 e. The molecule has 0 saturated carbocycles. The average Bonchev–Trinajstić information content (AvgIpc) is 2.80. The molecule has 4 aromatic carbocycles. The minimum atomic E-state index is -4.51. The summed E-state index contributed by atoms with van der Waals surface area (Å²) in [6.45, 7) is 0. The fraction of sp³-hybridized carbons (Fsp3) is 0.0435. The maximum atomic E-state index is 11.5. The second-order valence-corrected chi connectivity index (χ2v) is 8.66. The van der Waals surface area contributed by atoms with E-state index in [2.05, 4.69) is 20.9 Å². The van der Waals surface area contributed by atoms with Crippen LogP contribution in [0, 0.1) is 0 Å². The van der Waals surface area contributed by atoms with Gasteiger partial charge in [-0.2, -0.15) is 8.42 Å². The number of phenolic OH excluding ortho intramolecular Hbond substituents is 3. The maximum Gasteiger partial charge on any atom is 0.294 e. The van der Waals surface area contributed by atoms with Crippen LogP contribution in [-0.2, 0) is 10.1 Å². The van der Waals surface area contributed by atoms with E-state index >= 15 is 0 Å². The summed E-state index contributed by atoms with van der Waals surface area (Å²) in [5.74, 6) is -0.488. The molecule has 0 saturated heterocycles. The van der Waals surface area contributed by atoms with E-state index in [9.17, 15) is 28.3 Å². The van der Waals surface area contributed by atoms with Gasteiger partial charge >= 0.3 is 0 Å². The fourth-order valence-electron chi connectivity index (χ4n) is 3.38. The van der Waals surface area contributed by atoms with Gasteiger partial charge in [0.2, 0.25) is 0 Å². The molecule has 0 spiro atoms. The summed E-state index contributed by atoms with van der Waals surface area (Å²) in [5, 5.41) is 46.3. The Morgan fingerprint density at radius 1 is 0.794 bits per heavy atom. The number of nitrogens with one attached hydrogen (secondary N) is 2. The van der Waals surface area contributed by atoms with E-state index in [1.807, 2.05) is 0 Å². The Morgan fingerprint density at radius 3 is 2.29 bits per heavy atom. The molecule has 34 heavy (non-hydrogen) atoms. The molecule has 4 rings (SSSR count). The number of fused-ring (bicyclic) bond motifs is 1. The van der Waals surface area contributed by atoms with E-state index in [1.54, 1.807) is 49.5 Å². The lowest BCUT2D eigenvalue weighted by atomic mass is 10.1. The quantitative estimate of drug-likeness (QED) is 0.121. The maximum absolute atomic E-state index is 11.5. The van der Waals surface area contributed by atoms with E-state index in [4.69, 9.17) is 0 Å². The molecule has 174 valence electrons. The van der Waals surface area contributed by atoms with Crippen LogP contribution in [0.25, 0.3) is 10.8 Å². The number of benzene rings is 4. The fourth-order valence-corrected chi connectivity index (χ4v) is 3.89. The van der Waals surface area contributed by atoms with Gasteiger partial charge in [0.25, 0.3) is 10.1 Å². The second kappa shape index (κ2) is 8.89. The van der Waals surface area contributed by atoms with E-state index in [-0.39, 0.29) is 40.0 Å². The number of azo groups is 1. The first-order valence-electron chi connectivity index (χ1n) is 9.92. The highest BCUT2D eigenvalue weighted by atomic mass is 32.2. The number of para-hydroxylation sites is 1. The molecule has 0 fully saturated rings. The molecule has 0 unspecified atom stereocenters. The van der Waals surface area contributed by atoms with Crippen molar-refractivity contribution in [3.05, 3.63) is 66.7 Å². The van der Waals surface area contributed by atoms with E-state index in [0.717, 1.165) is 18.2 Å². The molecule has 6 N–H and O–H groups in total. The van der Waals surface area contributed by atoms with Crippen LogP contribution in [0.5, 0.6) is 17.2 Å². The van der Waals surface area contributed by atoms with Gasteiger partial charge in [-0.25, -0.2) is 0 Å². The Morgan fingerprint density at radius 2 is 1.56 bits per heavy atom. The van der Waals surface area contributed by atoms with Gasteiger partial charge in [0.05, 0.1) is 27.3 Å². The molecule has 0 heterocycles. The number of phenols is 3. The number of anilines is 3. The van der Waals surface area contributed by atoms with Gasteiger partial charge in [-0.05, 0) is 47.9 Å². The summed E-state index contributed by atoms with van der Waals surface area (Å²) in [6.07, 6.45) is 0. The van der Waals surface area contributed by atoms with Crippen molar-refractivity contribution < 1.29 is 28.3 Å². The standard InChI is InChI=1S/C23H20N4O6S/c1-24-16-5-3-6-17(23(16)30)26-27-22-15(10-8-13-4-2-7-20(29)21(13)22)25-18-12-14(34(31,32)33)9-11-19(18)28/h2-12,24-25,28-30H,1H3,(H,31,32,33). The molecule has 0 bridgehead atoms. The lowest BCUT2D eigenvalue weighted by molar-refractivity contribution is 0.474. The third-order valence-electron chi connectivity index (χ3n) is 5.07. The Labute approximate surface area is 194 Å². The SMILES string of the molecule is CNc1cccc(N=Nc2c(Nc3cc(S(=O)(=O)O)ccc3O)ccc3cccc(O)c23)c1O. The van der Waals surface area contributed by atoms with Gasteiger partial charge < -0.3 is 26.0 Å². The molecule has 0 aliphatic rings. The van der Waals surface area contributed by atoms with Crippen LogP contribution >= 0.6 is 0 Å². The van der Waals surface area contributed by atoms with Crippen molar-refractivity contribution in [3.63, 3.8) is 0 Å². The van der Waals surface area contributed by atoms with Crippen molar-refractivity contribution in [1.82, 2.24) is 0 Å². The molecule has 11 heteroatoms. The third-order valence-corrected chi connectivity index (χ3v) is 5.92. The normalized spacial score (nSPS) is 11.7. The minimum absolute atomic E-state index is 0.0265. The Hall–Kier alpha value is -4.35. The highest BCUT2D eigenvalue weighted by Gasteiger charge is 2.16. The highest BCUT2D eigenvalue weighted by molar-refractivity contribution is 7.85. The lowest BCUT2D eigenvalue weighted by Gasteiger charge is -2.14. The number of hydrogen-bond donors (Lipinski definition) is 6. The highest BCUT2D eigenvalue weighted by Crippen LogP contribution is 2.43. The van der Waals surface area contributed by atoms with E-state index in [1.165, 1.54) is 6.07 Å². The molecule has 0 aromatic heterocycles. The van der Waals surface area contributed by atoms with Crippen molar-refractivity contribution in [3.8, 4) is 17.2 Å². The van der Waals surface area contributed by atoms with Crippen LogP contribution in [0.1, 0.15) is 0 Å². The number of nitrogens with zero attached hydrogens (tertiary/aromatic N) is 2. The average molecular weight is 481 g/mol. The first kappa shape index (κ1) is 22.8. The summed E-state index contributed by atoms with van der Waals surface area (Å²) < 4.78 is 32.4. The predicted molar refractivity (Wildman–Crippen MR) is 129 cm³/mol. The number of aromatic hydroxyl groups is 3. The summed E-state index contributed by atoms with van der Waals surface area (Å²) in [7, 11) is -2.86. The first-order chi connectivity index (χ1) is 16.2. The van der Waals surface area contributed by atoms with Gasteiger partial charge in [-0.15, -0.1) is 10.2 Å². The number of hydrogen-bond acceptors (Lipinski definition) is 9. The molecule has 0 amide bonds. The van der Waals surface area contributed by atoms with Gasteiger partial charge in [-0.1, -0.05) is 24.3 Å². The van der Waals surface area contributed by atoms with Crippen molar-refractivity contribution >= 4 is 49.3 Å². The largest absolute Gasteiger partial charge is 0.507 e. The van der Waals surface area contributed by atoms with Gasteiger partial charge in [-0.3, -0.25) is 4.55 Å². The van der Waals surface area contributed by atoms with Crippen LogP contribution in [0.15, 0.2) is 81.9 Å². The zero-order valence-electron chi connectivity index (χ0n) is 17.8. The Balaban J connectivity index is 1.88. The molecule has 4 aromatic rings. The summed E-state index contributed by atoms with van der Waals surface area (Å²) >= 11 is 0. The van der Waals surface area contributed by atoms with Gasteiger partial charge in [0, 0.05) is 7.05 Å². The van der Waals surface area contributed by atoms with E-state index in [0.29, 0.717) is 16.5 Å². The molecule has 0 radical (unpaired) electrons. The summed E-state index contributed by atoms with van der Waals surface area (Å²) in [6, 6.07) is 16.3. The molecule has 0 aliphatic heterocycles. The molecule has 10 nitrogen and oxygen atoms in total. The zero-order valence-corrected chi connectivity index (χ0v) is 18.6.